The van der Waals surface area contributed by atoms with E-state index in [2.05, 4.69) is 10.1 Å². The lowest BCUT2D eigenvalue weighted by Gasteiger charge is -2.05. The van der Waals surface area contributed by atoms with Crippen molar-refractivity contribution in [1.82, 2.24) is 14.8 Å². The van der Waals surface area contributed by atoms with E-state index in [4.69, 9.17) is 5.73 Å². The second-order valence-electron chi connectivity index (χ2n) is 4.96. The number of aromatic nitrogens is 3. The van der Waals surface area contributed by atoms with Crippen molar-refractivity contribution in [2.75, 3.05) is 5.73 Å². The molecule has 0 spiro atoms. The first-order chi connectivity index (χ1) is 10.1. The van der Waals surface area contributed by atoms with Gasteiger partial charge in [-0.05, 0) is 42.3 Å². The van der Waals surface area contributed by atoms with Crippen LogP contribution in [0.25, 0.3) is 11.4 Å². The van der Waals surface area contributed by atoms with E-state index in [-0.39, 0.29) is 5.82 Å². The molecule has 3 rings (SSSR count). The van der Waals surface area contributed by atoms with Gasteiger partial charge in [-0.25, -0.2) is 14.1 Å². The Morgan fingerprint density at radius 1 is 1.19 bits per heavy atom. The molecule has 3 aromatic rings. The maximum absolute atomic E-state index is 13.1. The van der Waals surface area contributed by atoms with Crippen LogP contribution < -0.4 is 5.73 Å². The third kappa shape index (κ3) is 2.91. The molecule has 0 aliphatic heterocycles. The number of hydrogen-bond donors (Lipinski definition) is 1. The number of nitrogen functional groups attached to an aromatic ring is 1. The summed E-state index contributed by atoms with van der Waals surface area (Å²) >= 11 is 0. The van der Waals surface area contributed by atoms with Crippen LogP contribution in [0.1, 0.15) is 11.1 Å². The summed E-state index contributed by atoms with van der Waals surface area (Å²) in [5, 5.41) is 4.44. The van der Waals surface area contributed by atoms with E-state index >= 15 is 0 Å². The molecule has 0 radical (unpaired) electrons. The minimum atomic E-state index is -0.227. The van der Waals surface area contributed by atoms with Gasteiger partial charge in [-0.3, -0.25) is 0 Å². The largest absolute Gasteiger partial charge is 0.399 e. The highest BCUT2D eigenvalue weighted by Gasteiger charge is 2.06. The van der Waals surface area contributed by atoms with Crippen LogP contribution in [0.2, 0.25) is 0 Å². The molecule has 21 heavy (non-hydrogen) atoms. The van der Waals surface area contributed by atoms with Crippen LogP contribution in [0, 0.1) is 12.7 Å². The highest BCUT2D eigenvalue weighted by molar-refractivity contribution is 5.60. The minimum Gasteiger partial charge on any atom is -0.399 e. The molecule has 2 aromatic carbocycles. The summed E-state index contributed by atoms with van der Waals surface area (Å²) in [5.41, 5.74) is 9.23. The molecule has 0 atom stereocenters. The molecule has 0 aliphatic rings. The third-order valence-corrected chi connectivity index (χ3v) is 3.32. The highest BCUT2D eigenvalue weighted by Crippen LogP contribution is 2.18. The fourth-order valence-corrected chi connectivity index (χ4v) is 2.19. The predicted octanol–water partition coefficient (Wildman–Crippen LogP) is 3.02. The van der Waals surface area contributed by atoms with Gasteiger partial charge >= 0.3 is 0 Å². The van der Waals surface area contributed by atoms with Crippen LogP contribution in [-0.2, 0) is 6.54 Å². The van der Waals surface area contributed by atoms with Gasteiger partial charge in [0.15, 0.2) is 5.82 Å². The summed E-state index contributed by atoms with van der Waals surface area (Å²) in [6.07, 6.45) is 1.67. The quantitative estimate of drug-likeness (QED) is 0.751. The first-order valence-electron chi connectivity index (χ1n) is 6.62. The van der Waals surface area contributed by atoms with E-state index < -0.39 is 0 Å². The van der Waals surface area contributed by atoms with Crippen molar-refractivity contribution >= 4 is 5.69 Å². The Bertz CT molecular complexity index is 779. The van der Waals surface area contributed by atoms with Crippen molar-refractivity contribution in [2.45, 2.75) is 13.5 Å². The fourth-order valence-electron chi connectivity index (χ4n) is 2.19. The normalized spacial score (nSPS) is 10.8. The van der Waals surface area contributed by atoms with Gasteiger partial charge in [-0.15, -0.1) is 0 Å². The molecule has 106 valence electrons. The molecule has 0 saturated heterocycles. The highest BCUT2D eigenvalue weighted by atomic mass is 19.1. The fraction of sp³-hybridized carbons (Fsp3) is 0.125. The number of hydrogen-bond acceptors (Lipinski definition) is 3. The lowest BCUT2D eigenvalue weighted by atomic mass is 10.1. The molecular weight excluding hydrogens is 267 g/mol. The van der Waals surface area contributed by atoms with Gasteiger partial charge in [0.25, 0.3) is 0 Å². The van der Waals surface area contributed by atoms with E-state index in [9.17, 15) is 4.39 Å². The van der Waals surface area contributed by atoms with Crippen molar-refractivity contribution in [3.05, 3.63) is 65.7 Å². The maximum atomic E-state index is 13.1. The summed E-state index contributed by atoms with van der Waals surface area (Å²) in [6, 6.07) is 12.2. The molecule has 0 amide bonds. The van der Waals surface area contributed by atoms with E-state index in [1.165, 1.54) is 12.1 Å². The van der Waals surface area contributed by atoms with Crippen molar-refractivity contribution < 1.29 is 4.39 Å². The Balaban J connectivity index is 1.85. The molecule has 1 heterocycles. The van der Waals surface area contributed by atoms with Gasteiger partial charge in [0, 0.05) is 11.3 Å². The molecule has 0 fully saturated rings. The summed E-state index contributed by atoms with van der Waals surface area (Å²) in [4.78, 5) is 4.29. The molecule has 5 heteroatoms. The van der Waals surface area contributed by atoms with Gasteiger partial charge < -0.3 is 5.73 Å². The number of anilines is 1. The van der Waals surface area contributed by atoms with Crippen LogP contribution in [0.5, 0.6) is 0 Å². The standard InChI is InChI=1S/C16H15FN4/c1-11-7-14(17)6-5-13(11)9-21-10-19-16(20-21)12-3-2-4-15(18)8-12/h2-8,10H,9,18H2,1H3. The summed E-state index contributed by atoms with van der Waals surface area (Å²) in [7, 11) is 0. The van der Waals surface area contributed by atoms with Gasteiger partial charge in [-0.2, -0.15) is 5.10 Å². The SMILES string of the molecule is Cc1cc(F)ccc1Cn1cnc(-c2cccc(N)c2)n1. The Labute approximate surface area is 122 Å². The molecule has 0 bridgehead atoms. The Hall–Kier alpha value is -2.69. The lowest BCUT2D eigenvalue weighted by molar-refractivity contribution is 0.622. The average Bonchev–Trinajstić information content (AvgIpc) is 2.91. The van der Waals surface area contributed by atoms with E-state index in [0.29, 0.717) is 18.1 Å². The molecular formula is C16H15FN4. The maximum Gasteiger partial charge on any atom is 0.181 e. The first kappa shape index (κ1) is 13.3. The number of benzene rings is 2. The Morgan fingerprint density at radius 3 is 2.81 bits per heavy atom. The van der Waals surface area contributed by atoms with Gasteiger partial charge in [0.1, 0.15) is 12.1 Å². The van der Waals surface area contributed by atoms with Crippen LogP contribution >= 0.6 is 0 Å². The zero-order valence-electron chi connectivity index (χ0n) is 11.6. The minimum absolute atomic E-state index is 0.227. The number of rotatable bonds is 3. The van der Waals surface area contributed by atoms with Crippen LogP contribution in [-0.4, -0.2) is 14.8 Å². The van der Waals surface area contributed by atoms with E-state index in [0.717, 1.165) is 16.7 Å². The zero-order chi connectivity index (χ0) is 14.8. The molecule has 2 N–H and O–H groups in total. The van der Waals surface area contributed by atoms with Crippen molar-refractivity contribution in [2.24, 2.45) is 0 Å². The van der Waals surface area contributed by atoms with E-state index in [1.807, 2.05) is 31.2 Å². The van der Waals surface area contributed by atoms with Crippen LogP contribution in [0.3, 0.4) is 0 Å². The average molecular weight is 282 g/mol. The topological polar surface area (TPSA) is 56.7 Å². The van der Waals surface area contributed by atoms with Crippen LogP contribution in [0.4, 0.5) is 10.1 Å². The van der Waals surface area contributed by atoms with Gasteiger partial charge in [0.05, 0.1) is 6.54 Å². The predicted molar refractivity (Wildman–Crippen MR) is 80.1 cm³/mol. The zero-order valence-corrected chi connectivity index (χ0v) is 11.6. The number of nitrogens with two attached hydrogens (primary N) is 1. The number of aryl methyl sites for hydroxylation is 1. The molecule has 0 aliphatic carbocycles. The van der Waals surface area contributed by atoms with Crippen molar-refractivity contribution in [1.29, 1.82) is 0 Å². The molecule has 0 unspecified atom stereocenters. The van der Waals surface area contributed by atoms with Crippen molar-refractivity contribution in [3.63, 3.8) is 0 Å². The van der Waals surface area contributed by atoms with Crippen LogP contribution in [0.15, 0.2) is 48.8 Å². The second-order valence-corrected chi connectivity index (χ2v) is 4.96. The Morgan fingerprint density at radius 2 is 2.05 bits per heavy atom. The second kappa shape index (κ2) is 5.36. The Kier molecular flexibility index (Phi) is 3.39. The van der Waals surface area contributed by atoms with Gasteiger partial charge in [-0.1, -0.05) is 18.2 Å². The summed E-state index contributed by atoms with van der Waals surface area (Å²) in [6.45, 7) is 2.44. The van der Waals surface area contributed by atoms with Gasteiger partial charge in [0.2, 0.25) is 0 Å². The third-order valence-electron chi connectivity index (χ3n) is 3.32. The number of halogens is 1. The van der Waals surface area contributed by atoms with Crippen molar-refractivity contribution in [3.8, 4) is 11.4 Å². The van der Waals surface area contributed by atoms with E-state index in [1.54, 1.807) is 17.1 Å². The molecule has 1 aromatic heterocycles. The molecule has 4 nitrogen and oxygen atoms in total. The molecule has 0 saturated carbocycles. The first-order valence-corrected chi connectivity index (χ1v) is 6.62. The lowest BCUT2D eigenvalue weighted by Crippen LogP contribution is -2.02. The summed E-state index contributed by atoms with van der Waals surface area (Å²) < 4.78 is 14.8. The summed E-state index contributed by atoms with van der Waals surface area (Å²) in [5.74, 6) is 0.400. The smallest absolute Gasteiger partial charge is 0.181 e. The monoisotopic (exact) mass is 282 g/mol. The number of nitrogens with zero attached hydrogens (tertiary/aromatic N) is 3.